The maximum atomic E-state index is 13.2. The molecule has 1 aromatic carbocycles. The molecule has 2 nitrogen and oxygen atoms in total. The van der Waals surface area contributed by atoms with Gasteiger partial charge in [-0.05, 0) is 61.9 Å². The molecule has 112 valence electrons. The average molecular weight is 279 g/mol. The van der Waals surface area contributed by atoms with Crippen LogP contribution < -0.4 is 10.1 Å². The van der Waals surface area contributed by atoms with Crippen LogP contribution in [0.25, 0.3) is 0 Å². The summed E-state index contributed by atoms with van der Waals surface area (Å²) in [6.07, 6.45) is 3.49. The lowest BCUT2D eigenvalue weighted by Gasteiger charge is -2.32. The molecular formula is C17H26FNO. The molecule has 0 aliphatic heterocycles. The smallest absolute Gasteiger partial charge is 0.123 e. The van der Waals surface area contributed by atoms with Crippen molar-refractivity contribution in [2.45, 2.75) is 59.1 Å². The van der Waals surface area contributed by atoms with Crippen molar-refractivity contribution >= 4 is 0 Å². The number of aryl methyl sites for hydroxylation is 1. The molecule has 0 heterocycles. The van der Waals surface area contributed by atoms with E-state index in [1.807, 2.05) is 6.92 Å². The number of nitrogens with one attached hydrogen (secondary N) is 1. The van der Waals surface area contributed by atoms with Crippen molar-refractivity contribution in [3.63, 3.8) is 0 Å². The maximum absolute atomic E-state index is 13.2. The molecule has 1 aliphatic rings. The third-order valence-electron chi connectivity index (χ3n) is 4.32. The lowest BCUT2D eigenvalue weighted by atomic mass is 9.87. The Kier molecular flexibility index (Phi) is 4.69. The standard InChI is InChI=1S/C17H26FNO/c1-5-10-19-16-15(8-9-17(16,3)4)20-14-7-6-13(18)11-12(14)2/h6-7,11,15-16,19H,5,8-10H2,1-4H3. The first kappa shape index (κ1) is 15.3. The molecule has 2 rings (SSSR count). The van der Waals surface area contributed by atoms with Crippen molar-refractivity contribution in [2.24, 2.45) is 5.41 Å². The quantitative estimate of drug-likeness (QED) is 0.877. The van der Waals surface area contributed by atoms with Crippen molar-refractivity contribution in [3.05, 3.63) is 29.6 Å². The molecule has 0 spiro atoms. The molecule has 20 heavy (non-hydrogen) atoms. The zero-order valence-corrected chi connectivity index (χ0v) is 13.0. The van der Waals surface area contributed by atoms with Crippen LogP contribution in [-0.4, -0.2) is 18.7 Å². The zero-order valence-electron chi connectivity index (χ0n) is 13.0. The molecule has 2 atom stereocenters. The van der Waals surface area contributed by atoms with E-state index in [1.54, 1.807) is 6.07 Å². The Morgan fingerprint density at radius 1 is 1.40 bits per heavy atom. The number of hydrogen-bond acceptors (Lipinski definition) is 2. The summed E-state index contributed by atoms with van der Waals surface area (Å²) in [7, 11) is 0. The van der Waals surface area contributed by atoms with E-state index >= 15 is 0 Å². The molecule has 2 unspecified atom stereocenters. The predicted molar refractivity (Wildman–Crippen MR) is 80.6 cm³/mol. The lowest BCUT2D eigenvalue weighted by Crippen LogP contribution is -2.47. The molecule has 0 bridgehead atoms. The summed E-state index contributed by atoms with van der Waals surface area (Å²) in [4.78, 5) is 0. The molecule has 1 saturated carbocycles. The minimum atomic E-state index is -0.206. The number of rotatable bonds is 5. The van der Waals surface area contributed by atoms with Gasteiger partial charge in [0.15, 0.2) is 0 Å². The summed E-state index contributed by atoms with van der Waals surface area (Å²) in [6, 6.07) is 5.10. The number of halogens is 1. The van der Waals surface area contributed by atoms with Crippen LogP contribution in [0.1, 0.15) is 45.6 Å². The third kappa shape index (κ3) is 3.32. The van der Waals surface area contributed by atoms with E-state index in [9.17, 15) is 4.39 Å². The van der Waals surface area contributed by atoms with Crippen LogP contribution >= 0.6 is 0 Å². The summed E-state index contributed by atoms with van der Waals surface area (Å²) >= 11 is 0. The first-order chi connectivity index (χ1) is 9.44. The molecule has 1 N–H and O–H groups in total. The summed E-state index contributed by atoms with van der Waals surface area (Å²) in [6.45, 7) is 9.67. The first-order valence-corrected chi connectivity index (χ1v) is 7.60. The molecule has 0 amide bonds. The van der Waals surface area contributed by atoms with Crippen molar-refractivity contribution in [1.82, 2.24) is 5.32 Å². The van der Waals surface area contributed by atoms with Gasteiger partial charge in [0.1, 0.15) is 17.7 Å². The number of benzene rings is 1. The summed E-state index contributed by atoms with van der Waals surface area (Å²) in [5, 5.41) is 3.62. The Hall–Kier alpha value is -1.09. The van der Waals surface area contributed by atoms with E-state index in [1.165, 1.54) is 12.1 Å². The van der Waals surface area contributed by atoms with Crippen molar-refractivity contribution in [1.29, 1.82) is 0 Å². The van der Waals surface area contributed by atoms with Gasteiger partial charge in [0.05, 0.1) is 0 Å². The van der Waals surface area contributed by atoms with Crippen LogP contribution in [0.2, 0.25) is 0 Å². The Bertz CT molecular complexity index is 458. The van der Waals surface area contributed by atoms with Gasteiger partial charge in [-0.1, -0.05) is 20.8 Å². The fourth-order valence-corrected chi connectivity index (χ4v) is 3.08. The highest BCUT2D eigenvalue weighted by Crippen LogP contribution is 2.39. The highest BCUT2D eigenvalue weighted by Gasteiger charge is 2.43. The van der Waals surface area contributed by atoms with Gasteiger partial charge in [0.25, 0.3) is 0 Å². The van der Waals surface area contributed by atoms with Crippen LogP contribution in [0.15, 0.2) is 18.2 Å². The van der Waals surface area contributed by atoms with Crippen molar-refractivity contribution in [2.75, 3.05) is 6.54 Å². The van der Waals surface area contributed by atoms with E-state index in [0.717, 1.165) is 37.1 Å². The summed E-state index contributed by atoms with van der Waals surface area (Å²) in [5.41, 5.74) is 1.11. The second kappa shape index (κ2) is 6.13. The van der Waals surface area contributed by atoms with E-state index in [4.69, 9.17) is 4.74 Å². The summed E-state index contributed by atoms with van der Waals surface area (Å²) in [5.74, 6) is 0.597. The highest BCUT2D eigenvalue weighted by atomic mass is 19.1. The van der Waals surface area contributed by atoms with Gasteiger partial charge in [-0.3, -0.25) is 0 Å². The second-order valence-corrected chi connectivity index (χ2v) is 6.53. The van der Waals surface area contributed by atoms with Crippen LogP contribution in [0, 0.1) is 18.2 Å². The predicted octanol–water partition coefficient (Wildman–Crippen LogP) is 4.07. The van der Waals surface area contributed by atoms with Gasteiger partial charge >= 0.3 is 0 Å². The van der Waals surface area contributed by atoms with E-state index in [0.29, 0.717) is 6.04 Å². The lowest BCUT2D eigenvalue weighted by molar-refractivity contribution is 0.139. The third-order valence-corrected chi connectivity index (χ3v) is 4.32. The fraction of sp³-hybridized carbons (Fsp3) is 0.647. The Morgan fingerprint density at radius 2 is 2.15 bits per heavy atom. The molecular weight excluding hydrogens is 253 g/mol. The van der Waals surface area contributed by atoms with E-state index in [-0.39, 0.29) is 17.3 Å². The first-order valence-electron chi connectivity index (χ1n) is 7.60. The van der Waals surface area contributed by atoms with Crippen molar-refractivity contribution < 1.29 is 9.13 Å². The summed E-state index contributed by atoms with van der Waals surface area (Å²) < 4.78 is 19.3. The number of ether oxygens (including phenoxy) is 1. The van der Waals surface area contributed by atoms with Gasteiger partial charge in [-0.2, -0.15) is 0 Å². The van der Waals surface area contributed by atoms with Crippen LogP contribution in [0.3, 0.4) is 0 Å². The fourth-order valence-electron chi connectivity index (χ4n) is 3.08. The van der Waals surface area contributed by atoms with Crippen LogP contribution in [0.4, 0.5) is 4.39 Å². The molecule has 0 radical (unpaired) electrons. The SMILES string of the molecule is CCCNC1C(Oc2ccc(F)cc2C)CCC1(C)C. The Labute approximate surface area is 121 Å². The van der Waals surface area contributed by atoms with Crippen LogP contribution in [0.5, 0.6) is 5.75 Å². The highest BCUT2D eigenvalue weighted by molar-refractivity contribution is 5.33. The van der Waals surface area contributed by atoms with E-state index in [2.05, 4.69) is 26.1 Å². The minimum Gasteiger partial charge on any atom is -0.489 e. The van der Waals surface area contributed by atoms with E-state index < -0.39 is 0 Å². The minimum absolute atomic E-state index is 0.167. The van der Waals surface area contributed by atoms with Gasteiger partial charge < -0.3 is 10.1 Å². The van der Waals surface area contributed by atoms with Crippen LogP contribution in [-0.2, 0) is 0 Å². The second-order valence-electron chi connectivity index (χ2n) is 6.53. The Morgan fingerprint density at radius 3 is 2.80 bits per heavy atom. The molecule has 1 aromatic rings. The average Bonchev–Trinajstić information content (AvgIpc) is 2.65. The molecule has 3 heteroatoms. The Balaban J connectivity index is 2.11. The van der Waals surface area contributed by atoms with Crippen molar-refractivity contribution in [3.8, 4) is 5.75 Å². The molecule has 0 aromatic heterocycles. The van der Waals surface area contributed by atoms with Gasteiger partial charge in [0, 0.05) is 6.04 Å². The number of hydrogen-bond donors (Lipinski definition) is 1. The van der Waals surface area contributed by atoms with Gasteiger partial charge in [-0.25, -0.2) is 4.39 Å². The topological polar surface area (TPSA) is 21.3 Å². The zero-order chi connectivity index (χ0) is 14.8. The normalized spacial score (nSPS) is 24.9. The molecule has 1 aliphatic carbocycles. The molecule has 0 saturated heterocycles. The monoisotopic (exact) mass is 279 g/mol. The van der Waals surface area contributed by atoms with Gasteiger partial charge in [-0.15, -0.1) is 0 Å². The van der Waals surface area contributed by atoms with Gasteiger partial charge in [0.2, 0.25) is 0 Å². The maximum Gasteiger partial charge on any atom is 0.123 e. The molecule has 1 fully saturated rings. The largest absolute Gasteiger partial charge is 0.489 e.